The predicted octanol–water partition coefficient (Wildman–Crippen LogP) is 4.98. The lowest BCUT2D eigenvalue weighted by molar-refractivity contribution is 0.405. The average molecular weight is 465 g/mol. The van der Waals surface area contributed by atoms with Gasteiger partial charge in [0.05, 0.1) is 24.6 Å². The van der Waals surface area contributed by atoms with Gasteiger partial charge in [-0.3, -0.25) is 0 Å². The molecule has 4 rings (SSSR count). The number of aromatic nitrogens is 3. The Labute approximate surface area is 199 Å². The minimum Gasteiger partial charge on any atom is -0.496 e. The van der Waals surface area contributed by atoms with Gasteiger partial charge < -0.3 is 20.7 Å². The molecule has 4 aromatic rings. The summed E-state index contributed by atoms with van der Waals surface area (Å²) in [5, 5.41) is 8.70. The van der Waals surface area contributed by atoms with Crippen molar-refractivity contribution in [2.75, 3.05) is 45.3 Å². The standard InChI is InChI=1S/C25H29ClN6O/c1-16-23(17-7-5-8-18(26)13-17)24(27)32-25(30-16)21(15-29-32)20-14-19(9-10-22(20)33-4)28-11-6-12-31(2)3/h5,7-10,13-15,28H,6,11-12,27H2,1-4H3. The third kappa shape index (κ3) is 4.74. The van der Waals surface area contributed by atoms with Gasteiger partial charge in [0.1, 0.15) is 11.6 Å². The first kappa shape index (κ1) is 22.9. The maximum atomic E-state index is 6.57. The van der Waals surface area contributed by atoms with E-state index in [0.717, 1.165) is 58.9 Å². The number of aryl methyl sites for hydroxylation is 1. The molecule has 0 amide bonds. The maximum Gasteiger partial charge on any atom is 0.165 e. The molecule has 0 atom stereocenters. The van der Waals surface area contributed by atoms with E-state index in [1.165, 1.54) is 0 Å². The second-order valence-electron chi connectivity index (χ2n) is 8.26. The first-order valence-corrected chi connectivity index (χ1v) is 11.2. The van der Waals surface area contributed by atoms with Crippen molar-refractivity contribution in [3.05, 3.63) is 59.4 Å². The highest BCUT2D eigenvalue weighted by Gasteiger charge is 2.19. The Hall–Kier alpha value is -3.29. The summed E-state index contributed by atoms with van der Waals surface area (Å²) in [4.78, 5) is 7.05. The zero-order valence-corrected chi connectivity index (χ0v) is 20.1. The predicted molar refractivity (Wildman–Crippen MR) is 136 cm³/mol. The molecule has 0 aliphatic heterocycles. The van der Waals surface area contributed by atoms with E-state index < -0.39 is 0 Å². The van der Waals surface area contributed by atoms with Crippen molar-refractivity contribution in [2.45, 2.75) is 13.3 Å². The first-order valence-electron chi connectivity index (χ1n) is 10.9. The molecule has 3 N–H and O–H groups in total. The zero-order valence-electron chi connectivity index (χ0n) is 19.4. The second kappa shape index (κ2) is 9.68. The summed E-state index contributed by atoms with van der Waals surface area (Å²) in [6.07, 6.45) is 2.84. The smallest absolute Gasteiger partial charge is 0.165 e. The Bertz CT molecular complexity index is 1280. The zero-order chi connectivity index (χ0) is 23.5. The fraction of sp³-hybridized carbons (Fsp3) is 0.280. The lowest BCUT2D eigenvalue weighted by atomic mass is 10.0. The third-order valence-electron chi connectivity index (χ3n) is 5.58. The van der Waals surface area contributed by atoms with Gasteiger partial charge in [0.25, 0.3) is 0 Å². The number of benzene rings is 2. The molecule has 2 aromatic heterocycles. The fourth-order valence-electron chi connectivity index (χ4n) is 3.98. The Balaban J connectivity index is 1.75. The second-order valence-corrected chi connectivity index (χ2v) is 8.70. The van der Waals surface area contributed by atoms with Crippen molar-refractivity contribution < 1.29 is 4.74 Å². The van der Waals surface area contributed by atoms with Crippen molar-refractivity contribution in [3.63, 3.8) is 0 Å². The number of nitrogens with one attached hydrogen (secondary N) is 1. The molecule has 0 spiro atoms. The summed E-state index contributed by atoms with van der Waals surface area (Å²) in [5.41, 5.74) is 12.6. The lowest BCUT2D eigenvalue weighted by Gasteiger charge is -2.14. The Morgan fingerprint density at radius 3 is 2.70 bits per heavy atom. The number of methoxy groups -OCH3 is 1. The van der Waals surface area contributed by atoms with Crippen LogP contribution in [0, 0.1) is 6.92 Å². The van der Waals surface area contributed by atoms with E-state index in [0.29, 0.717) is 16.5 Å². The molecule has 2 aromatic carbocycles. The fourth-order valence-corrected chi connectivity index (χ4v) is 4.17. The summed E-state index contributed by atoms with van der Waals surface area (Å²) in [6, 6.07) is 13.6. The van der Waals surface area contributed by atoms with E-state index >= 15 is 0 Å². The van der Waals surface area contributed by atoms with Crippen molar-refractivity contribution in [3.8, 4) is 28.0 Å². The molecule has 0 unspecified atom stereocenters. The van der Waals surface area contributed by atoms with E-state index in [4.69, 9.17) is 27.1 Å². The van der Waals surface area contributed by atoms with Crippen molar-refractivity contribution >= 4 is 28.8 Å². The van der Waals surface area contributed by atoms with Crippen LogP contribution in [-0.2, 0) is 0 Å². The molecule has 172 valence electrons. The van der Waals surface area contributed by atoms with E-state index in [1.54, 1.807) is 17.8 Å². The number of hydrogen-bond acceptors (Lipinski definition) is 6. The van der Waals surface area contributed by atoms with Gasteiger partial charge in [0.15, 0.2) is 5.65 Å². The van der Waals surface area contributed by atoms with Crippen LogP contribution in [0.5, 0.6) is 5.75 Å². The van der Waals surface area contributed by atoms with E-state index in [9.17, 15) is 0 Å². The minimum atomic E-state index is 0.517. The van der Waals surface area contributed by atoms with Crippen LogP contribution in [0.1, 0.15) is 12.1 Å². The highest BCUT2D eigenvalue weighted by Crippen LogP contribution is 2.37. The Morgan fingerprint density at radius 1 is 1.15 bits per heavy atom. The molecule has 0 saturated carbocycles. The van der Waals surface area contributed by atoms with Crippen LogP contribution in [-0.4, -0.2) is 53.8 Å². The van der Waals surface area contributed by atoms with Gasteiger partial charge >= 0.3 is 0 Å². The monoisotopic (exact) mass is 464 g/mol. The molecule has 0 aliphatic rings. The van der Waals surface area contributed by atoms with Gasteiger partial charge in [-0.05, 0) is 69.9 Å². The van der Waals surface area contributed by atoms with Gasteiger partial charge in [-0.15, -0.1) is 0 Å². The number of anilines is 2. The van der Waals surface area contributed by atoms with Crippen LogP contribution in [0.25, 0.3) is 27.9 Å². The topological polar surface area (TPSA) is 80.7 Å². The van der Waals surface area contributed by atoms with Crippen LogP contribution in [0.15, 0.2) is 48.7 Å². The number of ether oxygens (including phenoxy) is 1. The maximum absolute atomic E-state index is 6.57. The number of nitrogens with zero attached hydrogens (tertiary/aromatic N) is 4. The van der Waals surface area contributed by atoms with Crippen LogP contribution in [0.4, 0.5) is 11.5 Å². The molecule has 8 heteroatoms. The van der Waals surface area contributed by atoms with Gasteiger partial charge in [0, 0.05) is 28.4 Å². The highest BCUT2D eigenvalue weighted by atomic mass is 35.5. The molecule has 0 saturated heterocycles. The summed E-state index contributed by atoms with van der Waals surface area (Å²) < 4.78 is 7.33. The van der Waals surface area contributed by atoms with Gasteiger partial charge in [-0.25, -0.2) is 4.98 Å². The van der Waals surface area contributed by atoms with Gasteiger partial charge in [0.2, 0.25) is 0 Å². The normalized spacial score (nSPS) is 11.3. The highest BCUT2D eigenvalue weighted by molar-refractivity contribution is 6.30. The average Bonchev–Trinajstić information content (AvgIpc) is 3.20. The SMILES string of the molecule is COc1ccc(NCCCN(C)C)cc1-c1cnn2c(N)c(-c3cccc(Cl)c3)c(C)nc12. The number of fused-ring (bicyclic) bond motifs is 1. The number of rotatable bonds is 8. The van der Waals surface area contributed by atoms with Gasteiger partial charge in [-0.2, -0.15) is 9.61 Å². The lowest BCUT2D eigenvalue weighted by Crippen LogP contribution is -2.16. The quantitative estimate of drug-likeness (QED) is 0.358. The van der Waals surface area contributed by atoms with Gasteiger partial charge in [-0.1, -0.05) is 23.7 Å². The summed E-state index contributed by atoms with van der Waals surface area (Å²) >= 11 is 6.20. The van der Waals surface area contributed by atoms with Crippen LogP contribution < -0.4 is 15.8 Å². The van der Waals surface area contributed by atoms with Crippen molar-refractivity contribution in [2.24, 2.45) is 0 Å². The molecule has 7 nitrogen and oxygen atoms in total. The summed E-state index contributed by atoms with van der Waals surface area (Å²) in [6.45, 7) is 3.86. The Kier molecular flexibility index (Phi) is 6.72. The number of hydrogen-bond donors (Lipinski definition) is 2. The molecule has 0 bridgehead atoms. The molecule has 33 heavy (non-hydrogen) atoms. The van der Waals surface area contributed by atoms with Crippen molar-refractivity contribution in [1.29, 1.82) is 0 Å². The first-order chi connectivity index (χ1) is 15.9. The van der Waals surface area contributed by atoms with Crippen LogP contribution >= 0.6 is 11.6 Å². The van der Waals surface area contributed by atoms with Crippen LogP contribution in [0.3, 0.4) is 0 Å². The van der Waals surface area contributed by atoms with E-state index in [-0.39, 0.29) is 0 Å². The number of halogens is 1. The number of nitrogen functional groups attached to an aromatic ring is 1. The molecular formula is C25H29ClN6O. The summed E-state index contributed by atoms with van der Waals surface area (Å²) in [5.74, 6) is 1.27. The largest absolute Gasteiger partial charge is 0.496 e. The van der Waals surface area contributed by atoms with E-state index in [1.807, 2.05) is 43.3 Å². The molecule has 0 fully saturated rings. The summed E-state index contributed by atoms with van der Waals surface area (Å²) in [7, 11) is 5.82. The molecule has 0 radical (unpaired) electrons. The number of nitrogens with two attached hydrogens (primary N) is 1. The Morgan fingerprint density at radius 2 is 1.97 bits per heavy atom. The van der Waals surface area contributed by atoms with Crippen LogP contribution in [0.2, 0.25) is 5.02 Å². The third-order valence-corrected chi connectivity index (χ3v) is 5.81. The van der Waals surface area contributed by atoms with Crippen molar-refractivity contribution in [1.82, 2.24) is 19.5 Å². The molecule has 0 aliphatic carbocycles. The molecular weight excluding hydrogens is 436 g/mol. The minimum absolute atomic E-state index is 0.517. The van der Waals surface area contributed by atoms with E-state index in [2.05, 4.69) is 35.5 Å². The molecule has 2 heterocycles.